The number of fused-ring (bicyclic) bond motifs is 3. The number of aryl methyl sites for hydroxylation is 1. The number of hydrogen-bond acceptors (Lipinski definition) is 3. The van der Waals surface area contributed by atoms with Crippen LogP contribution in [0.25, 0.3) is 16.4 Å². The first-order valence-corrected chi connectivity index (χ1v) is 6.33. The zero-order chi connectivity index (χ0) is 14.1. The smallest absolute Gasteiger partial charge is 0.182 e. The number of nitrogens with zero attached hydrogens (tertiary/aromatic N) is 4. The van der Waals surface area contributed by atoms with Crippen molar-refractivity contribution >= 4 is 40.2 Å². The first-order valence-electron chi connectivity index (χ1n) is 5.95. The normalized spacial score (nSPS) is 11.2. The van der Waals surface area contributed by atoms with Crippen LogP contribution in [0.2, 0.25) is 5.02 Å². The highest BCUT2D eigenvalue weighted by molar-refractivity contribution is 6.35. The van der Waals surface area contributed by atoms with Crippen molar-refractivity contribution in [3.8, 4) is 6.19 Å². The fraction of sp³-hybridized carbons (Fsp3) is 0.0714. The van der Waals surface area contributed by atoms with Crippen LogP contribution in [-0.2, 0) is 0 Å². The van der Waals surface area contributed by atoms with E-state index in [1.54, 1.807) is 6.19 Å². The lowest BCUT2D eigenvalue weighted by molar-refractivity contribution is 1.16. The van der Waals surface area contributed by atoms with Gasteiger partial charge in [0.15, 0.2) is 12.0 Å². The average Bonchev–Trinajstić information content (AvgIpc) is 2.76. The van der Waals surface area contributed by atoms with E-state index in [1.807, 2.05) is 41.8 Å². The molecule has 0 spiro atoms. The third kappa shape index (κ3) is 1.87. The Morgan fingerprint density at radius 3 is 3.05 bits per heavy atom. The fourth-order valence-electron chi connectivity index (χ4n) is 2.20. The second-order valence-corrected chi connectivity index (χ2v) is 4.65. The minimum absolute atomic E-state index is 0.685. The van der Waals surface area contributed by atoms with Crippen molar-refractivity contribution in [2.45, 2.75) is 6.92 Å². The van der Waals surface area contributed by atoms with Gasteiger partial charge in [0.25, 0.3) is 0 Å². The molecule has 3 aromatic rings. The molecule has 1 N–H and O–H groups in total. The molecular weight excluding hydrogens is 274 g/mol. The van der Waals surface area contributed by atoms with Gasteiger partial charge in [0.2, 0.25) is 0 Å². The second-order valence-electron chi connectivity index (χ2n) is 4.25. The summed E-state index contributed by atoms with van der Waals surface area (Å²) in [6, 6.07) is 7.66. The number of aliphatic imine (C=N–C) groups is 1. The number of aromatic nitrogens is 2. The van der Waals surface area contributed by atoms with Gasteiger partial charge < -0.3 is 0 Å². The van der Waals surface area contributed by atoms with Gasteiger partial charge in [-0.1, -0.05) is 23.7 Å². The summed E-state index contributed by atoms with van der Waals surface area (Å²) in [5.74, 6) is 0.685. The fourth-order valence-corrected chi connectivity index (χ4v) is 2.43. The Bertz CT molecular complexity index is 873. The van der Waals surface area contributed by atoms with Crippen LogP contribution in [0.4, 0.5) is 5.82 Å². The molecule has 6 heteroatoms. The van der Waals surface area contributed by atoms with Gasteiger partial charge in [-0.25, -0.2) is 9.98 Å². The molecule has 2 aromatic heterocycles. The molecule has 0 aliphatic heterocycles. The number of nitriles is 1. The zero-order valence-corrected chi connectivity index (χ0v) is 11.4. The molecule has 0 fully saturated rings. The standard InChI is InChI=1S/C14H10ClN5/c1-9-13(18-8-17-7-16)20-6-5-10-11(14(20)19-9)3-2-4-12(10)15/h2-6,8H,1H3,(H,17,18). The largest absolute Gasteiger partial charge is 0.284 e. The topological polar surface area (TPSA) is 65.5 Å². The Hall–Kier alpha value is -2.58. The second kappa shape index (κ2) is 4.83. The molecule has 2 heterocycles. The molecule has 0 saturated carbocycles. The van der Waals surface area contributed by atoms with Crippen LogP contribution in [0.3, 0.4) is 0 Å². The monoisotopic (exact) mass is 283 g/mol. The quantitative estimate of drug-likeness (QED) is 0.340. The Morgan fingerprint density at radius 1 is 1.40 bits per heavy atom. The summed E-state index contributed by atoms with van der Waals surface area (Å²) in [5.41, 5.74) is 1.58. The van der Waals surface area contributed by atoms with Crippen molar-refractivity contribution < 1.29 is 0 Å². The van der Waals surface area contributed by atoms with Gasteiger partial charge in [-0.05, 0) is 19.1 Å². The first kappa shape index (κ1) is 12.5. The van der Waals surface area contributed by atoms with Crippen molar-refractivity contribution in [2.75, 3.05) is 0 Å². The first-order chi connectivity index (χ1) is 9.72. The van der Waals surface area contributed by atoms with Crippen LogP contribution in [0.15, 0.2) is 35.5 Å². The molecule has 0 unspecified atom stereocenters. The van der Waals surface area contributed by atoms with Gasteiger partial charge >= 0.3 is 0 Å². The number of nitrogens with one attached hydrogen (secondary N) is 1. The number of halogens is 1. The lowest BCUT2D eigenvalue weighted by atomic mass is 10.2. The molecule has 0 radical (unpaired) electrons. The van der Waals surface area contributed by atoms with E-state index in [1.165, 1.54) is 6.34 Å². The molecular formula is C14H10ClN5. The minimum atomic E-state index is 0.685. The minimum Gasteiger partial charge on any atom is -0.284 e. The lowest BCUT2D eigenvalue weighted by Gasteiger charge is -2.03. The van der Waals surface area contributed by atoms with Gasteiger partial charge in [0.05, 0.1) is 5.69 Å². The third-order valence-electron chi connectivity index (χ3n) is 3.05. The maximum absolute atomic E-state index is 8.46. The van der Waals surface area contributed by atoms with E-state index in [0.29, 0.717) is 10.8 Å². The molecule has 3 rings (SSSR count). The SMILES string of the molecule is Cc1nc2c3cccc(Cl)c3ccn2c1/N=C/NC#N. The van der Waals surface area contributed by atoms with Crippen molar-refractivity contribution in [2.24, 2.45) is 4.99 Å². The van der Waals surface area contributed by atoms with E-state index in [9.17, 15) is 0 Å². The van der Waals surface area contributed by atoms with E-state index in [0.717, 1.165) is 22.1 Å². The van der Waals surface area contributed by atoms with E-state index >= 15 is 0 Å². The summed E-state index contributed by atoms with van der Waals surface area (Å²) in [7, 11) is 0. The molecule has 0 aliphatic carbocycles. The van der Waals surface area contributed by atoms with Crippen molar-refractivity contribution in [3.63, 3.8) is 0 Å². The molecule has 0 atom stereocenters. The van der Waals surface area contributed by atoms with Gasteiger partial charge in [-0.2, -0.15) is 5.26 Å². The van der Waals surface area contributed by atoms with Crippen LogP contribution < -0.4 is 5.32 Å². The summed E-state index contributed by atoms with van der Waals surface area (Å²) in [5, 5.41) is 13.5. The number of benzene rings is 1. The van der Waals surface area contributed by atoms with Crippen molar-refractivity contribution in [1.82, 2.24) is 14.7 Å². The summed E-state index contributed by atoms with van der Waals surface area (Å²) in [4.78, 5) is 8.76. The highest BCUT2D eigenvalue weighted by Crippen LogP contribution is 2.29. The van der Waals surface area contributed by atoms with E-state index in [-0.39, 0.29) is 0 Å². The summed E-state index contributed by atoms with van der Waals surface area (Å²) < 4.78 is 1.88. The van der Waals surface area contributed by atoms with Gasteiger partial charge in [0, 0.05) is 22.0 Å². The van der Waals surface area contributed by atoms with Crippen LogP contribution in [0, 0.1) is 18.4 Å². The number of hydrogen-bond donors (Lipinski definition) is 1. The Morgan fingerprint density at radius 2 is 2.25 bits per heavy atom. The Labute approximate surface area is 120 Å². The van der Waals surface area contributed by atoms with Gasteiger partial charge in [-0.15, -0.1) is 0 Å². The van der Waals surface area contributed by atoms with Gasteiger partial charge in [-0.3, -0.25) is 9.72 Å². The maximum Gasteiger partial charge on any atom is 0.182 e. The predicted molar refractivity (Wildman–Crippen MR) is 79.3 cm³/mol. The maximum atomic E-state index is 8.46. The molecule has 20 heavy (non-hydrogen) atoms. The molecule has 5 nitrogen and oxygen atoms in total. The highest BCUT2D eigenvalue weighted by atomic mass is 35.5. The van der Waals surface area contributed by atoms with E-state index in [4.69, 9.17) is 16.9 Å². The Balaban J connectivity index is 2.30. The molecule has 98 valence electrons. The van der Waals surface area contributed by atoms with Crippen LogP contribution >= 0.6 is 11.6 Å². The molecule has 0 aliphatic rings. The predicted octanol–water partition coefficient (Wildman–Crippen LogP) is 3.18. The average molecular weight is 284 g/mol. The van der Waals surface area contributed by atoms with E-state index in [2.05, 4.69) is 15.3 Å². The molecule has 0 saturated heterocycles. The molecule has 0 amide bonds. The van der Waals surface area contributed by atoms with Gasteiger partial charge in [0.1, 0.15) is 12.0 Å². The van der Waals surface area contributed by atoms with E-state index < -0.39 is 0 Å². The number of rotatable bonds is 2. The third-order valence-corrected chi connectivity index (χ3v) is 3.38. The zero-order valence-electron chi connectivity index (χ0n) is 10.6. The lowest BCUT2D eigenvalue weighted by Crippen LogP contribution is -1.99. The molecule has 0 bridgehead atoms. The molecule has 1 aromatic carbocycles. The van der Waals surface area contributed by atoms with Crippen LogP contribution in [0.5, 0.6) is 0 Å². The van der Waals surface area contributed by atoms with Crippen LogP contribution in [-0.4, -0.2) is 15.7 Å². The highest BCUT2D eigenvalue weighted by Gasteiger charge is 2.11. The summed E-state index contributed by atoms with van der Waals surface area (Å²) in [6.07, 6.45) is 5.01. The summed E-state index contributed by atoms with van der Waals surface area (Å²) in [6.45, 7) is 1.88. The number of pyridine rings is 1. The number of imidazole rings is 1. The van der Waals surface area contributed by atoms with Crippen molar-refractivity contribution in [3.05, 3.63) is 41.2 Å². The van der Waals surface area contributed by atoms with Crippen LogP contribution in [0.1, 0.15) is 5.69 Å². The summed E-state index contributed by atoms with van der Waals surface area (Å²) >= 11 is 6.19. The Kier molecular flexibility index (Phi) is 3.01. The van der Waals surface area contributed by atoms with Crippen molar-refractivity contribution in [1.29, 1.82) is 5.26 Å².